The molecule has 0 radical (unpaired) electrons. The van der Waals surface area contributed by atoms with Gasteiger partial charge in [-0.3, -0.25) is 9.69 Å². The Balaban J connectivity index is 1.21. The number of amides is 1. The summed E-state index contributed by atoms with van der Waals surface area (Å²) in [5.41, 5.74) is 2.68. The fraction of sp³-hybridized carbons (Fsp3) is 0.458. The van der Waals surface area contributed by atoms with Gasteiger partial charge in [0.1, 0.15) is 0 Å². The zero-order valence-corrected chi connectivity index (χ0v) is 19.3. The summed E-state index contributed by atoms with van der Waals surface area (Å²) in [5, 5.41) is 14.5. The van der Waals surface area contributed by atoms with E-state index < -0.39 is 0 Å². The highest BCUT2D eigenvalue weighted by Crippen LogP contribution is 2.32. The molecule has 0 spiro atoms. The Kier molecular flexibility index (Phi) is 6.48. The number of nitrogens with one attached hydrogen (secondary N) is 2. The van der Waals surface area contributed by atoms with Crippen molar-refractivity contribution in [1.29, 1.82) is 0 Å². The number of rotatable bonds is 6. The van der Waals surface area contributed by atoms with Crippen LogP contribution >= 0.6 is 11.6 Å². The first-order chi connectivity index (χ1) is 16.1. The maximum atomic E-state index is 12.7. The molecule has 3 aromatic rings. The Bertz CT molecular complexity index is 1130. The average molecular weight is 469 g/mol. The Hall–Kier alpha value is -2.68. The van der Waals surface area contributed by atoms with E-state index in [0.717, 1.165) is 48.7 Å². The number of aromatic amines is 1. The minimum atomic E-state index is 0.126. The first kappa shape index (κ1) is 22.1. The number of halogens is 1. The highest BCUT2D eigenvalue weighted by Gasteiger charge is 2.29. The Labute approximate surface area is 198 Å². The molecule has 3 N–H and O–H groups in total. The van der Waals surface area contributed by atoms with Crippen LogP contribution < -0.4 is 5.32 Å². The SMILES string of the molecule is O=C(CN1CCCC1CO)N1CCC(Nc2ncc(Cl)c(-c3c[nH]c4ccccc34)n2)CC1. The average Bonchev–Trinajstić information content (AvgIpc) is 3.47. The minimum absolute atomic E-state index is 0.126. The summed E-state index contributed by atoms with van der Waals surface area (Å²) in [7, 11) is 0. The summed E-state index contributed by atoms with van der Waals surface area (Å²) in [6, 6.07) is 8.38. The molecule has 2 aromatic heterocycles. The molecule has 5 rings (SSSR count). The number of H-pyrrole nitrogens is 1. The van der Waals surface area contributed by atoms with Gasteiger partial charge in [-0.1, -0.05) is 29.8 Å². The third-order valence-electron chi connectivity index (χ3n) is 6.82. The van der Waals surface area contributed by atoms with Gasteiger partial charge in [0.05, 0.1) is 30.1 Å². The topological polar surface area (TPSA) is 97.4 Å². The lowest BCUT2D eigenvalue weighted by Crippen LogP contribution is -2.47. The van der Waals surface area contributed by atoms with Gasteiger partial charge in [-0.05, 0) is 38.3 Å². The van der Waals surface area contributed by atoms with E-state index >= 15 is 0 Å². The number of carbonyl (C=O) groups is 1. The van der Waals surface area contributed by atoms with Crippen LogP contribution in [-0.2, 0) is 4.79 Å². The molecule has 2 saturated heterocycles. The van der Waals surface area contributed by atoms with Gasteiger partial charge < -0.3 is 20.3 Å². The molecule has 1 amide bonds. The number of likely N-dealkylation sites (tertiary alicyclic amines) is 2. The van der Waals surface area contributed by atoms with E-state index in [1.54, 1.807) is 6.20 Å². The Morgan fingerprint density at radius 3 is 2.85 bits per heavy atom. The fourth-order valence-electron chi connectivity index (χ4n) is 4.93. The number of hydrogen-bond acceptors (Lipinski definition) is 6. The zero-order valence-electron chi connectivity index (χ0n) is 18.5. The molecule has 9 heteroatoms. The number of aromatic nitrogens is 3. The zero-order chi connectivity index (χ0) is 22.8. The Morgan fingerprint density at radius 1 is 1.21 bits per heavy atom. The third-order valence-corrected chi connectivity index (χ3v) is 7.09. The van der Waals surface area contributed by atoms with Gasteiger partial charge >= 0.3 is 0 Å². The number of carbonyl (C=O) groups excluding carboxylic acids is 1. The van der Waals surface area contributed by atoms with Crippen LogP contribution in [0.2, 0.25) is 5.02 Å². The normalized spacial score (nSPS) is 19.9. The van der Waals surface area contributed by atoms with Crippen LogP contribution in [0.5, 0.6) is 0 Å². The number of aliphatic hydroxyl groups is 1. The number of hydrogen-bond donors (Lipinski definition) is 3. The van der Waals surface area contributed by atoms with Crippen LogP contribution in [0.15, 0.2) is 36.7 Å². The number of aliphatic hydroxyl groups excluding tert-OH is 1. The number of para-hydroxylation sites is 1. The molecule has 0 aliphatic carbocycles. The van der Waals surface area contributed by atoms with Crippen molar-refractivity contribution in [1.82, 2.24) is 24.8 Å². The minimum Gasteiger partial charge on any atom is -0.395 e. The lowest BCUT2D eigenvalue weighted by molar-refractivity contribution is -0.133. The third kappa shape index (κ3) is 4.69. The number of nitrogens with zero attached hydrogens (tertiary/aromatic N) is 4. The van der Waals surface area contributed by atoms with Crippen LogP contribution in [-0.4, -0.2) is 80.6 Å². The van der Waals surface area contributed by atoms with Crippen molar-refractivity contribution in [2.45, 2.75) is 37.8 Å². The van der Waals surface area contributed by atoms with Crippen LogP contribution in [0.4, 0.5) is 5.95 Å². The molecule has 0 saturated carbocycles. The van der Waals surface area contributed by atoms with E-state index in [2.05, 4.69) is 20.2 Å². The highest BCUT2D eigenvalue weighted by atomic mass is 35.5. The van der Waals surface area contributed by atoms with Crippen molar-refractivity contribution in [2.24, 2.45) is 0 Å². The van der Waals surface area contributed by atoms with Gasteiger partial charge in [0.25, 0.3) is 0 Å². The fourth-order valence-corrected chi connectivity index (χ4v) is 5.13. The van der Waals surface area contributed by atoms with Gasteiger partial charge in [0, 0.05) is 47.8 Å². The molecule has 2 aliphatic rings. The maximum Gasteiger partial charge on any atom is 0.236 e. The van der Waals surface area contributed by atoms with Crippen molar-refractivity contribution in [2.75, 3.05) is 38.1 Å². The van der Waals surface area contributed by atoms with Gasteiger partial charge in [0.15, 0.2) is 0 Å². The van der Waals surface area contributed by atoms with Gasteiger partial charge in [0.2, 0.25) is 11.9 Å². The summed E-state index contributed by atoms with van der Waals surface area (Å²) >= 11 is 6.44. The molecule has 2 aliphatic heterocycles. The number of benzene rings is 1. The van der Waals surface area contributed by atoms with Crippen LogP contribution in [0.3, 0.4) is 0 Å². The summed E-state index contributed by atoms with van der Waals surface area (Å²) in [6.45, 7) is 2.83. The molecule has 2 fully saturated rings. The van der Waals surface area contributed by atoms with Gasteiger partial charge in [-0.2, -0.15) is 0 Å². The second-order valence-corrected chi connectivity index (χ2v) is 9.29. The molecule has 1 unspecified atom stereocenters. The van der Waals surface area contributed by atoms with Crippen LogP contribution in [0, 0.1) is 0 Å². The van der Waals surface area contributed by atoms with Gasteiger partial charge in [-0.15, -0.1) is 0 Å². The summed E-state index contributed by atoms with van der Waals surface area (Å²) in [6.07, 6.45) is 7.26. The molecule has 1 atom stereocenters. The molecule has 1 aromatic carbocycles. The predicted molar refractivity (Wildman–Crippen MR) is 129 cm³/mol. The lowest BCUT2D eigenvalue weighted by atomic mass is 10.1. The number of piperidine rings is 1. The van der Waals surface area contributed by atoms with Crippen LogP contribution in [0.25, 0.3) is 22.2 Å². The maximum absolute atomic E-state index is 12.7. The van der Waals surface area contributed by atoms with E-state index in [1.807, 2.05) is 35.4 Å². The van der Waals surface area contributed by atoms with Crippen molar-refractivity contribution < 1.29 is 9.90 Å². The van der Waals surface area contributed by atoms with Crippen molar-refractivity contribution in [3.8, 4) is 11.3 Å². The second-order valence-electron chi connectivity index (χ2n) is 8.89. The first-order valence-electron chi connectivity index (χ1n) is 11.6. The molecule has 33 heavy (non-hydrogen) atoms. The van der Waals surface area contributed by atoms with E-state index in [9.17, 15) is 9.90 Å². The highest BCUT2D eigenvalue weighted by molar-refractivity contribution is 6.33. The standard InChI is InChI=1S/C24H29ClN6O2/c25-20-13-27-24(29-23(20)19-12-26-21-6-2-1-5-18(19)21)28-16-7-10-30(11-8-16)22(33)14-31-9-3-4-17(31)15-32/h1-2,5-6,12-13,16-17,26,32H,3-4,7-11,14-15H2,(H,27,28,29). The van der Waals surface area contributed by atoms with E-state index in [1.165, 1.54) is 0 Å². The predicted octanol–water partition coefficient (Wildman–Crippen LogP) is 3.14. The monoisotopic (exact) mass is 468 g/mol. The molecule has 0 bridgehead atoms. The summed E-state index contributed by atoms with van der Waals surface area (Å²) < 4.78 is 0. The first-order valence-corrected chi connectivity index (χ1v) is 12.0. The van der Waals surface area contributed by atoms with Crippen LogP contribution in [0.1, 0.15) is 25.7 Å². The van der Waals surface area contributed by atoms with Crippen molar-refractivity contribution >= 4 is 34.4 Å². The van der Waals surface area contributed by atoms with E-state index in [4.69, 9.17) is 16.6 Å². The van der Waals surface area contributed by atoms with E-state index in [-0.39, 0.29) is 24.6 Å². The second kappa shape index (κ2) is 9.67. The van der Waals surface area contributed by atoms with Crippen molar-refractivity contribution in [3.63, 3.8) is 0 Å². The summed E-state index contributed by atoms with van der Waals surface area (Å²) in [4.78, 5) is 29.2. The summed E-state index contributed by atoms with van der Waals surface area (Å²) in [5.74, 6) is 0.700. The number of fused-ring (bicyclic) bond motifs is 1. The Morgan fingerprint density at radius 2 is 2.03 bits per heavy atom. The molecule has 174 valence electrons. The molecule has 8 nitrogen and oxygen atoms in total. The lowest BCUT2D eigenvalue weighted by Gasteiger charge is -2.34. The molecule has 4 heterocycles. The van der Waals surface area contributed by atoms with E-state index in [0.29, 0.717) is 36.3 Å². The molecular weight excluding hydrogens is 440 g/mol. The molecular formula is C24H29ClN6O2. The van der Waals surface area contributed by atoms with Gasteiger partial charge in [-0.25, -0.2) is 9.97 Å². The quantitative estimate of drug-likeness (QED) is 0.514. The number of anilines is 1. The smallest absolute Gasteiger partial charge is 0.236 e. The largest absolute Gasteiger partial charge is 0.395 e. The van der Waals surface area contributed by atoms with Crippen molar-refractivity contribution in [3.05, 3.63) is 41.7 Å².